The summed E-state index contributed by atoms with van der Waals surface area (Å²) < 4.78 is 5.30. The van der Waals surface area contributed by atoms with Crippen molar-refractivity contribution in [1.82, 2.24) is 4.98 Å². The van der Waals surface area contributed by atoms with Crippen LogP contribution in [0.1, 0.15) is 27.2 Å². The number of hydrogen-bond acceptors (Lipinski definition) is 3. The second kappa shape index (κ2) is 5.91. The van der Waals surface area contributed by atoms with Gasteiger partial charge in [-0.1, -0.05) is 26.8 Å². The second-order valence-electron chi connectivity index (χ2n) is 5.15. The van der Waals surface area contributed by atoms with Crippen molar-refractivity contribution in [3.05, 3.63) is 30.5 Å². The smallest absolute Gasteiger partial charge is 0.134 e. The molecule has 0 aliphatic rings. The molecule has 1 atom stereocenters. The Hall–Kier alpha value is -1.77. The molecular weight excluding hydrogens is 236 g/mol. The summed E-state index contributed by atoms with van der Waals surface area (Å²) in [5, 5.41) is 5.85. The van der Waals surface area contributed by atoms with Gasteiger partial charge in [-0.05, 0) is 35.9 Å². The molecule has 1 N–H and O–H groups in total. The second-order valence-corrected chi connectivity index (χ2v) is 5.15. The topological polar surface area (TPSA) is 34.2 Å². The SMILES string of the molecule is CCC(Nc1nccc2ccc(OC)cc12)C(C)C. The van der Waals surface area contributed by atoms with Crippen molar-refractivity contribution in [3.8, 4) is 5.75 Å². The van der Waals surface area contributed by atoms with Crippen LogP contribution in [0, 0.1) is 5.92 Å². The molecule has 0 spiro atoms. The van der Waals surface area contributed by atoms with Gasteiger partial charge in [0.25, 0.3) is 0 Å². The third-order valence-electron chi connectivity index (χ3n) is 3.54. The third kappa shape index (κ3) is 2.98. The number of fused-ring (bicyclic) bond motifs is 1. The average Bonchev–Trinajstić information content (AvgIpc) is 2.43. The van der Waals surface area contributed by atoms with Crippen LogP contribution in [0.15, 0.2) is 30.5 Å². The first-order chi connectivity index (χ1) is 9.15. The van der Waals surface area contributed by atoms with Crippen molar-refractivity contribution in [2.75, 3.05) is 12.4 Å². The van der Waals surface area contributed by atoms with Gasteiger partial charge < -0.3 is 10.1 Å². The molecule has 0 saturated heterocycles. The Morgan fingerprint density at radius 2 is 2.05 bits per heavy atom. The lowest BCUT2D eigenvalue weighted by Gasteiger charge is -2.22. The van der Waals surface area contributed by atoms with E-state index in [9.17, 15) is 0 Å². The summed E-state index contributed by atoms with van der Waals surface area (Å²) in [6.07, 6.45) is 2.93. The van der Waals surface area contributed by atoms with Crippen molar-refractivity contribution in [1.29, 1.82) is 0 Å². The van der Waals surface area contributed by atoms with Crippen molar-refractivity contribution in [3.63, 3.8) is 0 Å². The Morgan fingerprint density at radius 1 is 1.26 bits per heavy atom. The summed E-state index contributed by atoms with van der Waals surface area (Å²) in [6, 6.07) is 8.54. The van der Waals surface area contributed by atoms with Crippen molar-refractivity contribution >= 4 is 16.6 Å². The quantitative estimate of drug-likeness (QED) is 0.877. The first kappa shape index (κ1) is 13.7. The number of nitrogens with one attached hydrogen (secondary N) is 1. The van der Waals surface area contributed by atoms with Crippen LogP contribution in [-0.4, -0.2) is 18.1 Å². The first-order valence-corrected chi connectivity index (χ1v) is 6.85. The molecule has 1 heterocycles. The van der Waals surface area contributed by atoms with Gasteiger partial charge in [0.15, 0.2) is 0 Å². The number of ether oxygens (including phenoxy) is 1. The molecule has 0 aliphatic heterocycles. The summed E-state index contributed by atoms with van der Waals surface area (Å²) in [4.78, 5) is 4.49. The number of pyridine rings is 1. The molecule has 19 heavy (non-hydrogen) atoms. The van der Waals surface area contributed by atoms with Crippen LogP contribution in [-0.2, 0) is 0 Å². The summed E-state index contributed by atoms with van der Waals surface area (Å²) in [5.41, 5.74) is 0. The molecule has 1 unspecified atom stereocenters. The minimum absolute atomic E-state index is 0.435. The summed E-state index contributed by atoms with van der Waals surface area (Å²) in [6.45, 7) is 6.66. The molecule has 1 aromatic carbocycles. The van der Waals surface area contributed by atoms with Gasteiger partial charge in [-0.15, -0.1) is 0 Å². The van der Waals surface area contributed by atoms with Gasteiger partial charge >= 0.3 is 0 Å². The molecule has 3 nitrogen and oxygen atoms in total. The van der Waals surface area contributed by atoms with Crippen LogP contribution in [0.2, 0.25) is 0 Å². The Morgan fingerprint density at radius 3 is 2.68 bits per heavy atom. The van der Waals surface area contributed by atoms with Crippen molar-refractivity contribution in [2.45, 2.75) is 33.2 Å². The van der Waals surface area contributed by atoms with Gasteiger partial charge in [0.2, 0.25) is 0 Å². The number of methoxy groups -OCH3 is 1. The Balaban J connectivity index is 2.41. The third-order valence-corrected chi connectivity index (χ3v) is 3.54. The number of rotatable bonds is 5. The highest BCUT2D eigenvalue weighted by Crippen LogP contribution is 2.27. The predicted octanol–water partition coefficient (Wildman–Crippen LogP) is 4.09. The van der Waals surface area contributed by atoms with E-state index < -0.39 is 0 Å². The molecule has 3 heteroatoms. The maximum absolute atomic E-state index is 5.30. The van der Waals surface area contributed by atoms with Crippen LogP contribution in [0.3, 0.4) is 0 Å². The zero-order valence-corrected chi connectivity index (χ0v) is 12.1. The van der Waals surface area contributed by atoms with Crippen molar-refractivity contribution < 1.29 is 4.74 Å². The molecule has 0 bridgehead atoms. The zero-order chi connectivity index (χ0) is 13.8. The highest BCUT2D eigenvalue weighted by atomic mass is 16.5. The van der Waals surface area contributed by atoms with Gasteiger partial charge in [0, 0.05) is 17.6 Å². The monoisotopic (exact) mass is 258 g/mol. The van der Waals surface area contributed by atoms with E-state index in [1.807, 2.05) is 24.4 Å². The average molecular weight is 258 g/mol. The molecule has 0 saturated carbocycles. The maximum Gasteiger partial charge on any atom is 0.134 e. The van der Waals surface area contributed by atoms with E-state index in [0.717, 1.165) is 23.4 Å². The van der Waals surface area contributed by atoms with E-state index in [2.05, 4.69) is 37.1 Å². The highest BCUT2D eigenvalue weighted by molar-refractivity contribution is 5.92. The maximum atomic E-state index is 5.30. The lowest BCUT2D eigenvalue weighted by Crippen LogP contribution is -2.25. The van der Waals surface area contributed by atoms with Crippen LogP contribution < -0.4 is 10.1 Å². The lowest BCUT2D eigenvalue weighted by atomic mass is 10.0. The van der Waals surface area contributed by atoms with Crippen molar-refractivity contribution in [2.24, 2.45) is 5.92 Å². The highest BCUT2D eigenvalue weighted by Gasteiger charge is 2.13. The summed E-state index contributed by atoms with van der Waals surface area (Å²) >= 11 is 0. The minimum Gasteiger partial charge on any atom is -0.497 e. The fourth-order valence-corrected chi connectivity index (χ4v) is 2.31. The van der Waals surface area contributed by atoms with Gasteiger partial charge in [-0.2, -0.15) is 0 Å². The Bertz CT molecular complexity index is 551. The fraction of sp³-hybridized carbons (Fsp3) is 0.438. The van der Waals surface area contributed by atoms with Gasteiger partial charge in [-0.3, -0.25) is 0 Å². The van der Waals surface area contributed by atoms with Crippen LogP contribution in [0.25, 0.3) is 10.8 Å². The van der Waals surface area contributed by atoms with Crippen LogP contribution in [0.5, 0.6) is 5.75 Å². The number of hydrogen-bond donors (Lipinski definition) is 1. The molecule has 2 rings (SSSR count). The summed E-state index contributed by atoms with van der Waals surface area (Å²) in [7, 11) is 1.69. The fourth-order valence-electron chi connectivity index (χ4n) is 2.31. The normalized spacial score (nSPS) is 12.7. The molecule has 0 aliphatic carbocycles. The number of aromatic nitrogens is 1. The molecular formula is C16H22N2O. The van der Waals surface area contributed by atoms with Gasteiger partial charge in [-0.25, -0.2) is 4.98 Å². The molecule has 1 aromatic heterocycles. The van der Waals surface area contributed by atoms with E-state index in [1.165, 1.54) is 5.39 Å². The summed E-state index contributed by atoms with van der Waals surface area (Å²) in [5.74, 6) is 2.38. The standard InChI is InChI=1S/C16H22N2O/c1-5-15(11(2)3)18-16-14-10-13(19-4)7-6-12(14)8-9-17-16/h6-11,15H,5H2,1-4H3,(H,17,18). The number of anilines is 1. The van der Waals surface area contributed by atoms with Gasteiger partial charge in [0.05, 0.1) is 7.11 Å². The molecule has 0 amide bonds. The predicted molar refractivity (Wildman–Crippen MR) is 80.8 cm³/mol. The zero-order valence-electron chi connectivity index (χ0n) is 12.1. The van der Waals surface area contributed by atoms with E-state index in [0.29, 0.717) is 12.0 Å². The van der Waals surface area contributed by atoms with E-state index in [1.54, 1.807) is 7.11 Å². The lowest BCUT2D eigenvalue weighted by molar-refractivity contribution is 0.415. The first-order valence-electron chi connectivity index (χ1n) is 6.85. The van der Waals surface area contributed by atoms with Crippen LogP contribution >= 0.6 is 0 Å². The van der Waals surface area contributed by atoms with E-state index in [-0.39, 0.29) is 0 Å². The Kier molecular flexibility index (Phi) is 4.25. The van der Waals surface area contributed by atoms with Gasteiger partial charge in [0.1, 0.15) is 11.6 Å². The largest absolute Gasteiger partial charge is 0.497 e. The number of nitrogens with zero attached hydrogens (tertiary/aromatic N) is 1. The molecule has 2 aromatic rings. The molecule has 102 valence electrons. The molecule has 0 fully saturated rings. The molecule has 0 radical (unpaired) electrons. The van der Waals surface area contributed by atoms with Crippen LogP contribution in [0.4, 0.5) is 5.82 Å². The minimum atomic E-state index is 0.435. The number of benzene rings is 1. The Labute approximate surface area is 115 Å². The van der Waals surface area contributed by atoms with E-state index in [4.69, 9.17) is 4.74 Å². The van der Waals surface area contributed by atoms with E-state index >= 15 is 0 Å².